The van der Waals surface area contributed by atoms with Crippen molar-refractivity contribution in [2.24, 2.45) is 0 Å². The first kappa shape index (κ1) is 11.8. The quantitative estimate of drug-likeness (QED) is 0.823. The van der Waals surface area contributed by atoms with Gasteiger partial charge in [-0.15, -0.1) is 0 Å². The molecule has 1 amide bonds. The van der Waals surface area contributed by atoms with Crippen molar-refractivity contribution in [2.75, 3.05) is 5.32 Å². The van der Waals surface area contributed by atoms with E-state index in [1.54, 1.807) is 18.3 Å². The van der Waals surface area contributed by atoms with E-state index in [1.165, 1.54) is 11.9 Å². The monoisotopic (exact) mass is 269 g/mol. The molecule has 94 valence electrons. The summed E-state index contributed by atoms with van der Waals surface area (Å²) in [6, 6.07) is 13.3. The molecule has 0 saturated heterocycles. The van der Waals surface area contributed by atoms with Crippen LogP contribution in [-0.2, 0) is 4.79 Å². The average molecular weight is 269 g/mol. The van der Waals surface area contributed by atoms with E-state index in [0.717, 1.165) is 10.5 Å². The van der Waals surface area contributed by atoms with Gasteiger partial charge in [0.25, 0.3) is 5.91 Å². The number of nitrogens with one attached hydrogen (secondary N) is 2. The first-order chi connectivity index (χ1) is 9.33. The Bertz CT molecular complexity index is 640. The Labute approximate surface area is 115 Å². The van der Waals surface area contributed by atoms with Gasteiger partial charge in [-0.3, -0.25) is 4.79 Å². The largest absolute Gasteiger partial charge is 0.321 e. The molecule has 1 aliphatic rings. The first-order valence-corrected chi connectivity index (χ1v) is 6.60. The van der Waals surface area contributed by atoms with Crippen molar-refractivity contribution in [3.63, 3.8) is 0 Å². The number of carbonyl (C=O) groups is 1. The molecule has 19 heavy (non-hydrogen) atoms. The minimum atomic E-state index is -0.194. The summed E-state index contributed by atoms with van der Waals surface area (Å²) in [4.78, 5) is 17.3. The number of fused-ring (bicyclic) bond motifs is 1. The zero-order valence-electron chi connectivity index (χ0n) is 9.96. The number of rotatable bonds is 2. The number of carbonyl (C=O) groups excluding carboxylic acids is 1. The molecule has 0 aliphatic carbocycles. The van der Waals surface area contributed by atoms with Gasteiger partial charge in [0.1, 0.15) is 11.5 Å². The molecule has 0 fully saturated rings. The van der Waals surface area contributed by atoms with Gasteiger partial charge in [0, 0.05) is 11.1 Å². The van der Waals surface area contributed by atoms with E-state index >= 15 is 0 Å². The van der Waals surface area contributed by atoms with Crippen LogP contribution in [0.15, 0.2) is 59.3 Å². The Kier molecular flexibility index (Phi) is 3.20. The van der Waals surface area contributed by atoms with E-state index in [2.05, 4.69) is 15.0 Å². The number of anilines is 1. The summed E-state index contributed by atoms with van der Waals surface area (Å²) in [5, 5.41) is 2.75. The van der Waals surface area contributed by atoms with E-state index < -0.39 is 0 Å². The Balaban J connectivity index is 1.80. The van der Waals surface area contributed by atoms with Crippen LogP contribution >= 0.6 is 11.9 Å². The number of pyridine rings is 1. The zero-order valence-corrected chi connectivity index (χ0v) is 10.8. The number of benzene rings is 1. The third-order valence-corrected chi connectivity index (χ3v) is 3.55. The highest BCUT2D eigenvalue weighted by Crippen LogP contribution is 2.27. The summed E-state index contributed by atoms with van der Waals surface area (Å²) in [7, 11) is 0. The predicted molar refractivity (Wildman–Crippen MR) is 76.3 cm³/mol. The van der Waals surface area contributed by atoms with Gasteiger partial charge in [-0.25, -0.2) is 4.98 Å². The van der Waals surface area contributed by atoms with Crippen LogP contribution in [0, 0.1) is 0 Å². The zero-order chi connectivity index (χ0) is 13.1. The summed E-state index contributed by atoms with van der Waals surface area (Å²) in [6.07, 6.45) is 3.48. The summed E-state index contributed by atoms with van der Waals surface area (Å²) in [5.74, 6) is 0.347. The molecular formula is C14H11N3OS. The van der Waals surface area contributed by atoms with Gasteiger partial charge in [-0.05, 0) is 41.8 Å². The lowest BCUT2D eigenvalue weighted by Gasteiger charge is -2.16. The SMILES string of the molecule is O=C(Nc1ccccn1)C1=Cc2ccccc2SN1. The van der Waals surface area contributed by atoms with Crippen LogP contribution in [0.4, 0.5) is 5.82 Å². The van der Waals surface area contributed by atoms with Crippen LogP contribution in [0.3, 0.4) is 0 Å². The molecule has 2 N–H and O–H groups in total. The van der Waals surface area contributed by atoms with E-state index in [9.17, 15) is 4.79 Å². The topological polar surface area (TPSA) is 54.0 Å². The lowest BCUT2D eigenvalue weighted by molar-refractivity contribution is -0.113. The maximum atomic E-state index is 12.1. The third-order valence-electron chi connectivity index (χ3n) is 2.64. The van der Waals surface area contributed by atoms with Crippen molar-refractivity contribution < 1.29 is 4.79 Å². The third kappa shape index (κ3) is 2.61. The molecular weight excluding hydrogens is 258 g/mol. The van der Waals surface area contributed by atoms with E-state index in [1.807, 2.05) is 36.4 Å². The average Bonchev–Trinajstić information content (AvgIpc) is 2.48. The molecule has 2 heterocycles. The molecule has 1 aromatic heterocycles. The number of amides is 1. The van der Waals surface area contributed by atoms with Crippen molar-refractivity contribution in [3.8, 4) is 0 Å². The highest BCUT2D eigenvalue weighted by molar-refractivity contribution is 7.97. The van der Waals surface area contributed by atoms with E-state index in [-0.39, 0.29) is 5.91 Å². The molecule has 1 aromatic carbocycles. The summed E-state index contributed by atoms with van der Waals surface area (Å²) < 4.78 is 3.03. The highest BCUT2D eigenvalue weighted by Gasteiger charge is 2.16. The second-order valence-electron chi connectivity index (χ2n) is 3.97. The molecule has 0 bridgehead atoms. The molecule has 0 radical (unpaired) electrons. The maximum Gasteiger partial charge on any atom is 0.273 e. The Morgan fingerprint density at radius 3 is 2.84 bits per heavy atom. The second-order valence-corrected chi connectivity index (χ2v) is 4.82. The van der Waals surface area contributed by atoms with Crippen LogP contribution in [0.5, 0.6) is 0 Å². The second kappa shape index (κ2) is 5.16. The van der Waals surface area contributed by atoms with Crippen LogP contribution < -0.4 is 10.0 Å². The first-order valence-electron chi connectivity index (χ1n) is 5.79. The van der Waals surface area contributed by atoms with Crippen LogP contribution in [0.1, 0.15) is 5.56 Å². The number of aromatic nitrogens is 1. The van der Waals surface area contributed by atoms with Gasteiger partial charge >= 0.3 is 0 Å². The number of nitrogens with zero attached hydrogens (tertiary/aromatic N) is 1. The van der Waals surface area contributed by atoms with Gasteiger partial charge in [0.15, 0.2) is 0 Å². The summed E-state index contributed by atoms with van der Waals surface area (Å²) in [5.41, 5.74) is 1.56. The van der Waals surface area contributed by atoms with Crippen molar-refractivity contribution >= 4 is 29.7 Å². The van der Waals surface area contributed by atoms with Gasteiger partial charge < -0.3 is 10.0 Å². The Morgan fingerprint density at radius 2 is 2.00 bits per heavy atom. The van der Waals surface area contributed by atoms with Crippen molar-refractivity contribution in [1.82, 2.24) is 9.71 Å². The summed E-state index contributed by atoms with van der Waals surface area (Å²) >= 11 is 1.44. The fourth-order valence-corrected chi connectivity index (χ4v) is 2.48. The summed E-state index contributed by atoms with van der Waals surface area (Å²) in [6.45, 7) is 0. The molecule has 1 aliphatic heterocycles. The molecule has 2 aromatic rings. The Hall–Kier alpha value is -2.27. The molecule has 0 unspecified atom stereocenters. The number of hydrogen-bond acceptors (Lipinski definition) is 4. The van der Waals surface area contributed by atoms with Gasteiger partial charge in [0.2, 0.25) is 0 Å². The molecule has 5 heteroatoms. The van der Waals surface area contributed by atoms with Crippen LogP contribution in [0.25, 0.3) is 6.08 Å². The van der Waals surface area contributed by atoms with E-state index in [0.29, 0.717) is 11.5 Å². The molecule has 0 saturated carbocycles. The lowest BCUT2D eigenvalue weighted by atomic mass is 10.2. The minimum Gasteiger partial charge on any atom is -0.321 e. The van der Waals surface area contributed by atoms with Crippen molar-refractivity contribution in [3.05, 3.63) is 59.9 Å². The predicted octanol–water partition coefficient (Wildman–Crippen LogP) is 2.67. The molecule has 0 spiro atoms. The number of hydrogen-bond donors (Lipinski definition) is 2. The highest BCUT2D eigenvalue weighted by atomic mass is 32.2. The molecule has 0 atom stereocenters. The van der Waals surface area contributed by atoms with Gasteiger partial charge in [-0.2, -0.15) is 0 Å². The Morgan fingerprint density at radius 1 is 1.16 bits per heavy atom. The smallest absolute Gasteiger partial charge is 0.273 e. The molecule has 4 nitrogen and oxygen atoms in total. The van der Waals surface area contributed by atoms with E-state index in [4.69, 9.17) is 0 Å². The standard InChI is InChI=1S/C14H11N3OS/c18-14(16-13-7-3-4-8-15-13)11-9-10-5-1-2-6-12(10)19-17-11/h1-9,17H,(H,15,16,18). The van der Waals surface area contributed by atoms with Crippen LogP contribution in [-0.4, -0.2) is 10.9 Å². The molecule has 3 rings (SSSR count). The van der Waals surface area contributed by atoms with Gasteiger partial charge in [0.05, 0.1) is 0 Å². The lowest BCUT2D eigenvalue weighted by Crippen LogP contribution is -2.23. The van der Waals surface area contributed by atoms with Crippen molar-refractivity contribution in [1.29, 1.82) is 0 Å². The normalized spacial score (nSPS) is 12.9. The fourth-order valence-electron chi connectivity index (χ4n) is 1.72. The maximum absolute atomic E-state index is 12.1. The fraction of sp³-hybridized carbons (Fsp3) is 0. The minimum absolute atomic E-state index is 0.194. The van der Waals surface area contributed by atoms with Crippen molar-refractivity contribution in [2.45, 2.75) is 4.90 Å². The van der Waals surface area contributed by atoms with Crippen LogP contribution in [0.2, 0.25) is 0 Å². The van der Waals surface area contributed by atoms with Gasteiger partial charge in [-0.1, -0.05) is 24.3 Å².